The minimum atomic E-state index is -0.590. The summed E-state index contributed by atoms with van der Waals surface area (Å²) in [5, 5.41) is 19.2. The van der Waals surface area contributed by atoms with Crippen molar-refractivity contribution in [1.82, 2.24) is 0 Å². The van der Waals surface area contributed by atoms with Crippen molar-refractivity contribution in [3.63, 3.8) is 0 Å². The first-order valence-electron chi connectivity index (χ1n) is 15.3. The second kappa shape index (κ2) is 11.5. The Labute approximate surface area is 257 Å². The van der Waals surface area contributed by atoms with Crippen LogP contribution in [0.2, 0.25) is 0 Å². The number of aliphatic hydroxyl groups is 2. The lowest BCUT2D eigenvalue weighted by atomic mass is 9.65. The molecule has 0 saturated carbocycles. The van der Waals surface area contributed by atoms with Crippen LogP contribution in [0, 0.1) is 13.8 Å². The smallest absolute Gasteiger partial charge is 0.126 e. The summed E-state index contributed by atoms with van der Waals surface area (Å²) in [5.41, 5.74) is 10.7. The number of rotatable bonds is 8. The molecule has 226 valence electrons. The summed E-state index contributed by atoms with van der Waals surface area (Å²) >= 11 is 0. The Balaban J connectivity index is 1.95. The van der Waals surface area contributed by atoms with Gasteiger partial charge in [-0.1, -0.05) is 102 Å². The van der Waals surface area contributed by atoms with Gasteiger partial charge in [-0.15, -0.1) is 0 Å². The summed E-state index contributed by atoms with van der Waals surface area (Å²) in [4.78, 5) is 0. The third kappa shape index (κ3) is 5.25. The molecule has 0 aromatic heterocycles. The van der Waals surface area contributed by atoms with Crippen molar-refractivity contribution in [2.75, 3.05) is 26.4 Å². The van der Waals surface area contributed by atoms with E-state index in [-0.39, 0.29) is 37.3 Å². The molecule has 43 heavy (non-hydrogen) atoms. The lowest BCUT2D eigenvalue weighted by Crippen LogP contribution is -2.31. The number of hydrogen-bond acceptors (Lipinski definition) is 4. The normalized spacial score (nSPS) is 13.9. The number of benzene rings is 4. The maximum absolute atomic E-state index is 9.59. The number of aliphatic hydroxyl groups excluding tert-OH is 2. The van der Waals surface area contributed by atoms with Gasteiger partial charge in [0, 0.05) is 11.1 Å². The minimum Gasteiger partial charge on any atom is -0.491 e. The molecule has 1 aliphatic carbocycles. The van der Waals surface area contributed by atoms with Gasteiger partial charge in [0.15, 0.2) is 0 Å². The van der Waals surface area contributed by atoms with Gasteiger partial charge in [-0.25, -0.2) is 0 Å². The molecule has 0 bridgehead atoms. The SMILES string of the molecule is Cc1cc(C2(c3cc(C)c(OCCO)c(C(C)(C)C)c3)c3ccccc3-c3ccccc32)cc(C(C)(C)C)c1OCCO. The monoisotopic (exact) mass is 578 g/mol. The van der Waals surface area contributed by atoms with E-state index in [0.29, 0.717) is 0 Å². The van der Waals surface area contributed by atoms with Gasteiger partial charge in [0.2, 0.25) is 0 Å². The van der Waals surface area contributed by atoms with Crippen LogP contribution in [0.25, 0.3) is 11.1 Å². The van der Waals surface area contributed by atoms with Crippen LogP contribution in [-0.4, -0.2) is 36.6 Å². The Morgan fingerprint density at radius 1 is 0.581 bits per heavy atom. The Bertz CT molecular complexity index is 1510. The molecule has 4 aromatic rings. The summed E-state index contributed by atoms with van der Waals surface area (Å²) in [7, 11) is 0. The largest absolute Gasteiger partial charge is 0.491 e. The van der Waals surface area contributed by atoms with E-state index in [1.165, 1.54) is 33.4 Å². The van der Waals surface area contributed by atoms with Crippen molar-refractivity contribution in [2.45, 2.75) is 71.6 Å². The molecule has 0 atom stereocenters. The standard InChI is InChI=1S/C39H46O4/c1-25-21-27(23-33(37(3,4)5)35(25)42-19-17-40)39(31-15-11-9-13-29(31)30-14-10-12-16-32(30)39)28-22-26(2)36(43-20-18-41)34(24-28)38(6,7)8/h9-16,21-24,40-41H,17-20H2,1-8H3. The van der Waals surface area contributed by atoms with Gasteiger partial charge in [0.25, 0.3) is 0 Å². The lowest BCUT2D eigenvalue weighted by molar-refractivity contribution is 0.198. The van der Waals surface area contributed by atoms with E-state index in [1.54, 1.807) is 0 Å². The van der Waals surface area contributed by atoms with E-state index in [1.807, 2.05) is 0 Å². The van der Waals surface area contributed by atoms with E-state index < -0.39 is 5.41 Å². The summed E-state index contributed by atoms with van der Waals surface area (Å²) in [5.74, 6) is 1.69. The Kier molecular flexibility index (Phi) is 8.24. The van der Waals surface area contributed by atoms with Crippen LogP contribution in [0.15, 0.2) is 72.8 Å². The second-order valence-corrected chi connectivity index (χ2v) is 13.8. The summed E-state index contributed by atoms with van der Waals surface area (Å²) in [6.45, 7) is 18.0. The molecular formula is C39H46O4. The fourth-order valence-corrected chi connectivity index (χ4v) is 6.80. The van der Waals surface area contributed by atoms with E-state index in [9.17, 15) is 10.2 Å². The van der Waals surface area contributed by atoms with Crippen molar-refractivity contribution in [3.8, 4) is 22.6 Å². The molecule has 0 radical (unpaired) electrons. The quantitative estimate of drug-likeness (QED) is 0.196. The zero-order valence-corrected chi connectivity index (χ0v) is 27.0. The first-order chi connectivity index (χ1) is 20.3. The molecule has 5 rings (SSSR count). The third-order valence-electron chi connectivity index (χ3n) is 8.66. The topological polar surface area (TPSA) is 58.9 Å². The summed E-state index contributed by atoms with van der Waals surface area (Å²) in [6.07, 6.45) is 0. The fourth-order valence-electron chi connectivity index (χ4n) is 6.80. The Hall–Kier alpha value is -3.60. The number of hydrogen-bond donors (Lipinski definition) is 2. The van der Waals surface area contributed by atoms with Gasteiger partial charge in [0.1, 0.15) is 24.7 Å². The van der Waals surface area contributed by atoms with Gasteiger partial charge in [-0.05, 0) is 81.3 Å². The van der Waals surface area contributed by atoms with Gasteiger partial charge >= 0.3 is 0 Å². The fraction of sp³-hybridized carbons (Fsp3) is 0.385. The molecule has 0 spiro atoms. The maximum atomic E-state index is 9.59. The number of ether oxygens (including phenoxy) is 2. The lowest BCUT2D eigenvalue weighted by Gasteiger charge is -2.37. The van der Waals surface area contributed by atoms with E-state index in [2.05, 4.69) is 128 Å². The van der Waals surface area contributed by atoms with Crippen LogP contribution in [0.3, 0.4) is 0 Å². The van der Waals surface area contributed by atoms with Gasteiger partial charge < -0.3 is 19.7 Å². The first kappa shape index (κ1) is 30.8. The molecule has 4 heteroatoms. The van der Waals surface area contributed by atoms with Crippen LogP contribution in [0.1, 0.15) is 86.1 Å². The molecule has 0 saturated heterocycles. The third-order valence-corrected chi connectivity index (χ3v) is 8.66. The molecule has 1 aliphatic rings. The van der Waals surface area contributed by atoms with Crippen molar-refractivity contribution in [3.05, 3.63) is 117 Å². The molecule has 0 heterocycles. The van der Waals surface area contributed by atoms with Crippen molar-refractivity contribution in [1.29, 1.82) is 0 Å². The molecule has 4 aromatic carbocycles. The summed E-state index contributed by atoms with van der Waals surface area (Å²) < 4.78 is 12.4. The van der Waals surface area contributed by atoms with Gasteiger partial charge in [-0.2, -0.15) is 0 Å². The van der Waals surface area contributed by atoms with Crippen LogP contribution >= 0.6 is 0 Å². The Morgan fingerprint density at radius 2 is 0.953 bits per heavy atom. The van der Waals surface area contributed by atoms with Crippen LogP contribution in [-0.2, 0) is 16.2 Å². The highest BCUT2D eigenvalue weighted by molar-refractivity contribution is 5.86. The first-order valence-corrected chi connectivity index (χ1v) is 15.3. The highest BCUT2D eigenvalue weighted by Gasteiger charge is 2.47. The predicted octanol–water partition coefficient (Wildman–Crippen LogP) is 8.00. The van der Waals surface area contributed by atoms with E-state index in [4.69, 9.17) is 9.47 Å². The molecule has 0 amide bonds. The van der Waals surface area contributed by atoms with E-state index >= 15 is 0 Å². The molecule has 0 fully saturated rings. The second-order valence-electron chi connectivity index (χ2n) is 13.8. The zero-order chi connectivity index (χ0) is 31.2. The van der Waals surface area contributed by atoms with Crippen molar-refractivity contribution >= 4 is 0 Å². The maximum Gasteiger partial charge on any atom is 0.126 e. The van der Waals surface area contributed by atoms with Crippen LogP contribution in [0.4, 0.5) is 0 Å². The number of aryl methyl sites for hydroxylation is 2. The minimum absolute atomic E-state index is 0.0327. The van der Waals surface area contributed by atoms with Gasteiger partial charge in [0.05, 0.1) is 18.6 Å². The highest BCUT2D eigenvalue weighted by Crippen LogP contribution is 2.58. The van der Waals surface area contributed by atoms with Crippen molar-refractivity contribution in [2.24, 2.45) is 0 Å². The summed E-state index contributed by atoms with van der Waals surface area (Å²) in [6, 6.07) is 26.8. The molecule has 4 nitrogen and oxygen atoms in total. The molecule has 0 aliphatic heterocycles. The van der Waals surface area contributed by atoms with Crippen LogP contribution in [0.5, 0.6) is 11.5 Å². The van der Waals surface area contributed by atoms with E-state index in [0.717, 1.165) is 33.8 Å². The average Bonchev–Trinajstić information content (AvgIpc) is 3.25. The van der Waals surface area contributed by atoms with Crippen LogP contribution < -0.4 is 9.47 Å². The average molecular weight is 579 g/mol. The molecule has 2 N–H and O–H groups in total. The Morgan fingerprint density at radius 3 is 1.30 bits per heavy atom. The van der Waals surface area contributed by atoms with Gasteiger partial charge in [-0.3, -0.25) is 0 Å². The molecular weight excluding hydrogens is 532 g/mol. The number of fused-ring (bicyclic) bond motifs is 3. The predicted molar refractivity (Wildman–Crippen MR) is 176 cm³/mol. The zero-order valence-electron chi connectivity index (χ0n) is 27.0. The molecule has 0 unspecified atom stereocenters. The highest BCUT2D eigenvalue weighted by atomic mass is 16.5. The van der Waals surface area contributed by atoms with Crippen molar-refractivity contribution < 1.29 is 19.7 Å².